The zero-order valence-electron chi connectivity index (χ0n) is 35.1. The minimum absolute atomic E-state index is 0.0352. The van der Waals surface area contributed by atoms with Crippen molar-refractivity contribution in [3.63, 3.8) is 0 Å². The second-order valence-electron chi connectivity index (χ2n) is 17.3. The van der Waals surface area contributed by atoms with E-state index in [1.165, 1.54) is 5.56 Å². The number of halogens is 1. The quantitative estimate of drug-likeness (QED) is 0.189. The van der Waals surface area contributed by atoms with Crippen LogP contribution in [-0.2, 0) is 16.7 Å². The van der Waals surface area contributed by atoms with Gasteiger partial charge in [-0.3, -0.25) is 23.4 Å². The maximum absolute atomic E-state index is 15.5. The molecule has 2 aromatic carbocycles. The van der Waals surface area contributed by atoms with Gasteiger partial charge in [-0.15, -0.1) is 0 Å². The van der Waals surface area contributed by atoms with Crippen molar-refractivity contribution < 1.29 is 18.4 Å². The molecule has 11 rings (SSSR count). The highest BCUT2D eigenvalue weighted by molar-refractivity contribution is 6.00. The van der Waals surface area contributed by atoms with Crippen LogP contribution in [0.1, 0.15) is 95.2 Å². The van der Waals surface area contributed by atoms with Gasteiger partial charge in [-0.2, -0.15) is 5.10 Å². The molecule has 316 valence electrons. The first-order valence-corrected chi connectivity index (χ1v) is 21.2. The predicted octanol–water partition coefficient (Wildman–Crippen LogP) is 6.59. The number of nitrogens with one attached hydrogen (secondary N) is 1. The number of fused-ring (bicyclic) bond motifs is 3. The lowest BCUT2D eigenvalue weighted by Gasteiger charge is -2.34. The van der Waals surface area contributed by atoms with Gasteiger partial charge in [-0.25, -0.2) is 23.6 Å². The van der Waals surface area contributed by atoms with Crippen LogP contribution in [0.4, 0.5) is 4.39 Å². The van der Waals surface area contributed by atoms with Crippen LogP contribution >= 0.6 is 0 Å². The molecule has 3 aliphatic rings. The highest BCUT2D eigenvalue weighted by Gasteiger charge is 2.59. The molecule has 3 atom stereocenters. The van der Waals surface area contributed by atoms with Gasteiger partial charge in [-0.1, -0.05) is 18.1 Å². The number of ether oxygens (including phenoxy) is 1. The maximum Gasteiger partial charge on any atom is 0.438 e. The fraction of sp³-hybridized carbons (Fsp3) is 0.348. The van der Waals surface area contributed by atoms with Gasteiger partial charge in [0.25, 0.3) is 5.91 Å². The van der Waals surface area contributed by atoms with Gasteiger partial charge in [0.1, 0.15) is 28.7 Å². The first-order valence-electron chi connectivity index (χ1n) is 21.2. The number of aromatic nitrogens is 9. The molecule has 0 spiro atoms. The largest absolute Gasteiger partial charge is 0.438 e. The number of carbonyl (C=O) groups excluding carboxylic acids is 1. The van der Waals surface area contributed by atoms with Gasteiger partial charge < -0.3 is 18.6 Å². The minimum Gasteiger partial charge on any atom is -0.381 e. The second kappa shape index (κ2) is 13.9. The van der Waals surface area contributed by atoms with Crippen LogP contribution < -0.4 is 11.4 Å². The minimum atomic E-state index is -0.813. The van der Waals surface area contributed by atoms with Crippen LogP contribution in [0.15, 0.2) is 87.4 Å². The van der Waals surface area contributed by atoms with Crippen LogP contribution in [0.2, 0.25) is 0 Å². The molecular weight excluding hydrogens is 792 g/mol. The van der Waals surface area contributed by atoms with E-state index in [4.69, 9.17) is 14.4 Å². The fourth-order valence-corrected chi connectivity index (χ4v) is 10.2. The van der Waals surface area contributed by atoms with Crippen LogP contribution in [0.25, 0.3) is 33.6 Å². The standard InChI is InChI=1S/C46H45FN10O5/c1-25-18-34(19-26(2)40(25)47)57-41(55-15-14-54(45(55)60)33-8-12-53-29(5)48-24-35(53)22-33)39-28(4)52(13-9-36(39)50-57)42(58)38-21-32-20-31(30-10-16-61-17-11-30)6-7-37(32)56(38)46(23-27(46)3)43-49-44(59)62-51-43/h6-8,12,14-15,18-22,24,27-28,30H,9-11,13,16-17,23H2,1-5H3,(H,49,51,59)/t27-,28-,46-/m0/s1. The predicted molar refractivity (Wildman–Crippen MR) is 227 cm³/mol. The number of hydrogen-bond acceptors (Lipinski definition) is 8. The lowest BCUT2D eigenvalue weighted by Crippen LogP contribution is -2.41. The van der Waals surface area contributed by atoms with Gasteiger partial charge in [0.15, 0.2) is 5.82 Å². The third-order valence-electron chi connectivity index (χ3n) is 13.6. The Morgan fingerprint density at radius 1 is 0.935 bits per heavy atom. The topological polar surface area (TPSA) is 155 Å². The van der Waals surface area contributed by atoms with Crippen LogP contribution in [0.5, 0.6) is 0 Å². The van der Waals surface area contributed by atoms with Crippen molar-refractivity contribution in [2.75, 3.05) is 19.8 Å². The third-order valence-corrected chi connectivity index (χ3v) is 13.6. The number of pyridine rings is 1. The summed E-state index contributed by atoms with van der Waals surface area (Å²) in [7, 11) is 0. The summed E-state index contributed by atoms with van der Waals surface area (Å²) in [6.45, 7) is 11.2. The van der Waals surface area contributed by atoms with Crippen molar-refractivity contribution in [3.8, 4) is 17.2 Å². The smallest absolute Gasteiger partial charge is 0.381 e. The molecule has 1 saturated heterocycles. The summed E-state index contributed by atoms with van der Waals surface area (Å²) in [5.41, 5.74) is 5.80. The van der Waals surface area contributed by atoms with E-state index < -0.39 is 17.3 Å². The van der Waals surface area contributed by atoms with Crippen LogP contribution in [0.3, 0.4) is 0 Å². The number of rotatable bonds is 7. The number of amides is 1. The molecule has 8 heterocycles. The van der Waals surface area contributed by atoms with E-state index in [2.05, 4.69) is 44.8 Å². The number of benzene rings is 2. The highest BCUT2D eigenvalue weighted by Crippen LogP contribution is 2.56. The Hall–Kier alpha value is -6.81. The van der Waals surface area contributed by atoms with Crippen molar-refractivity contribution in [3.05, 3.63) is 145 Å². The number of hydrogen-bond donors (Lipinski definition) is 1. The van der Waals surface area contributed by atoms with E-state index in [9.17, 15) is 9.59 Å². The molecule has 1 aliphatic carbocycles. The lowest BCUT2D eigenvalue weighted by atomic mass is 9.91. The van der Waals surface area contributed by atoms with E-state index >= 15 is 9.18 Å². The Labute approximate surface area is 354 Å². The average Bonchev–Trinajstić information content (AvgIpc) is 3.90. The summed E-state index contributed by atoms with van der Waals surface area (Å²) < 4.78 is 34.6. The molecule has 2 aliphatic heterocycles. The van der Waals surface area contributed by atoms with Crippen molar-refractivity contribution >= 4 is 22.3 Å². The number of carbonyl (C=O) groups is 1. The second-order valence-corrected chi connectivity index (χ2v) is 17.3. The zero-order valence-corrected chi connectivity index (χ0v) is 35.1. The van der Waals surface area contributed by atoms with Gasteiger partial charge in [-0.05, 0) is 118 Å². The summed E-state index contributed by atoms with van der Waals surface area (Å²) in [6, 6.07) is 15.0. The molecule has 0 bridgehead atoms. The van der Waals surface area contributed by atoms with Gasteiger partial charge in [0, 0.05) is 61.2 Å². The molecule has 15 nitrogen and oxygen atoms in total. The van der Waals surface area contributed by atoms with Gasteiger partial charge >= 0.3 is 11.4 Å². The van der Waals surface area contributed by atoms with Gasteiger partial charge in [0.2, 0.25) is 0 Å². The number of aromatic amines is 1. The molecule has 2 fully saturated rings. The summed E-state index contributed by atoms with van der Waals surface area (Å²) >= 11 is 0. The number of aryl methyl sites for hydroxylation is 3. The van der Waals surface area contributed by atoms with Gasteiger partial charge in [0.05, 0.1) is 34.8 Å². The van der Waals surface area contributed by atoms with Crippen LogP contribution in [0, 0.1) is 32.5 Å². The molecule has 1 amide bonds. The average molecular weight is 837 g/mol. The van der Waals surface area contributed by atoms with E-state index in [-0.39, 0.29) is 23.3 Å². The maximum atomic E-state index is 15.5. The summed E-state index contributed by atoms with van der Waals surface area (Å²) in [6.07, 6.45) is 9.97. The summed E-state index contributed by atoms with van der Waals surface area (Å²) in [5.74, 6) is 0.888. The van der Waals surface area contributed by atoms with Crippen molar-refractivity contribution in [1.29, 1.82) is 0 Å². The van der Waals surface area contributed by atoms with Crippen molar-refractivity contribution in [2.24, 2.45) is 5.92 Å². The summed E-state index contributed by atoms with van der Waals surface area (Å²) in [4.78, 5) is 51.6. The molecule has 16 heteroatoms. The van der Waals surface area contributed by atoms with Crippen molar-refractivity contribution in [2.45, 2.75) is 77.8 Å². The Balaban J connectivity index is 1.06. The normalized spacial score (nSPS) is 20.4. The molecule has 0 radical (unpaired) electrons. The fourth-order valence-electron chi connectivity index (χ4n) is 10.2. The number of H-pyrrole nitrogens is 1. The Morgan fingerprint density at radius 3 is 2.42 bits per heavy atom. The summed E-state index contributed by atoms with van der Waals surface area (Å²) in [5, 5.41) is 10.2. The SMILES string of the molecule is Cc1cc(-n2nc3c(c2-n2ccn(-c4ccn5c(C)ncc5c4)c2=O)[C@H](C)N(C(=O)c2cc4cc(C5CCOCC5)ccc4n2[C@@]2(c4noc(=O)[nH]4)C[C@@H]2C)CC3)cc(C)c1F. The van der Waals surface area contributed by atoms with E-state index in [0.29, 0.717) is 83.9 Å². The molecule has 0 unspecified atom stereocenters. The molecule has 62 heavy (non-hydrogen) atoms. The first-order chi connectivity index (χ1) is 29.9. The molecule has 1 N–H and O–H groups in total. The molecular formula is C46H45FN10O5. The molecule has 8 aromatic rings. The Morgan fingerprint density at radius 2 is 1.69 bits per heavy atom. The zero-order chi connectivity index (χ0) is 42.8. The van der Waals surface area contributed by atoms with E-state index in [1.807, 2.05) is 47.5 Å². The Bertz CT molecular complexity index is 3220. The highest BCUT2D eigenvalue weighted by atomic mass is 19.1. The Kier molecular flexibility index (Phi) is 8.52. The van der Waals surface area contributed by atoms with Crippen LogP contribution in [-0.4, -0.2) is 73.6 Å². The molecule has 1 saturated carbocycles. The molecule has 6 aromatic heterocycles. The third kappa shape index (κ3) is 5.65. The monoisotopic (exact) mass is 836 g/mol. The number of imidazole rings is 2. The lowest BCUT2D eigenvalue weighted by molar-refractivity contribution is 0.0663. The van der Waals surface area contributed by atoms with Crippen molar-refractivity contribution in [1.82, 2.24) is 47.9 Å². The first kappa shape index (κ1) is 38.1. The van der Waals surface area contributed by atoms with E-state index in [0.717, 1.165) is 40.8 Å². The number of nitrogens with zero attached hydrogens (tertiary/aromatic N) is 9. The van der Waals surface area contributed by atoms with E-state index in [1.54, 1.807) is 58.4 Å².